The molecule has 1 heterocycles. The molecule has 0 amide bonds. The molecule has 1 aromatic rings. The zero-order valence-electron chi connectivity index (χ0n) is 10.3. The average Bonchev–Trinajstić information content (AvgIpc) is 2.46. The van der Waals surface area contributed by atoms with Gasteiger partial charge >= 0.3 is 0 Å². The largest absolute Gasteiger partial charge is 0.383 e. The van der Waals surface area contributed by atoms with Crippen LogP contribution >= 0.6 is 0 Å². The first-order valence-corrected chi connectivity index (χ1v) is 5.27. The van der Waals surface area contributed by atoms with E-state index < -0.39 is 0 Å². The number of rotatable bonds is 5. The Labute approximate surface area is 91.6 Å². The molecule has 0 bridgehead atoms. The number of ether oxygens (including phenoxy) is 1. The van der Waals surface area contributed by atoms with Gasteiger partial charge in [0.1, 0.15) is 0 Å². The second-order valence-electron chi connectivity index (χ2n) is 3.92. The Morgan fingerprint density at radius 3 is 2.47 bits per heavy atom. The Morgan fingerprint density at radius 1 is 1.40 bits per heavy atom. The molecule has 86 valence electrons. The maximum absolute atomic E-state index is 5.14. The summed E-state index contributed by atoms with van der Waals surface area (Å²) in [4.78, 5) is 0. The van der Waals surface area contributed by atoms with Crippen LogP contribution in [0.1, 0.15) is 17.0 Å². The maximum atomic E-state index is 5.14. The lowest BCUT2D eigenvalue weighted by Crippen LogP contribution is -2.35. The first-order valence-electron chi connectivity index (χ1n) is 5.27. The lowest BCUT2D eigenvalue weighted by atomic mass is 10.2. The third kappa shape index (κ3) is 2.79. The van der Waals surface area contributed by atoms with Gasteiger partial charge in [0.2, 0.25) is 0 Å². The van der Waals surface area contributed by atoms with Crippen molar-refractivity contribution in [1.29, 1.82) is 0 Å². The van der Waals surface area contributed by atoms with Crippen LogP contribution in [0.5, 0.6) is 0 Å². The normalized spacial score (nSPS) is 13.1. The van der Waals surface area contributed by atoms with Gasteiger partial charge in [0, 0.05) is 18.8 Å². The van der Waals surface area contributed by atoms with E-state index in [9.17, 15) is 0 Å². The lowest BCUT2D eigenvalue weighted by molar-refractivity contribution is 0.160. The van der Waals surface area contributed by atoms with Gasteiger partial charge in [-0.05, 0) is 33.4 Å². The fourth-order valence-corrected chi connectivity index (χ4v) is 1.60. The van der Waals surface area contributed by atoms with Crippen LogP contribution in [0, 0.1) is 20.8 Å². The van der Waals surface area contributed by atoms with Crippen molar-refractivity contribution in [1.82, 2.24) is 15.1 Å². The van der Waals surface area contributed by atoms with Crippen LogP contribution in [0.15, 0.2) is 0 Å². The summed E-state index contributed by atoms with van der Waals surface area (Å²) >= 11 is 0. The van der Waals surface area contributed by atoms with Crippen molar-refractivity contribution in [3.63, 3.8) is 0 Å². The smallest absolute Gasteiger partial charge is 0.0633 e. The molecule has 0 saturated heterocycles. The molecule has 15 heavy (non-hydrogen) atoms. The Bertz CT molecular complexity index is 320. The predicted octanol–water partition coefficient (Wildman–Crippen LogP) is 1.04. The van der Waals surface area contributed by atoms with E-state index in [1.54, 1.807) is 7.11 Å². The Hall–Kier alpha value is -0.870. The molecule has 4 nitrogen and oxygen atoms in total. The summed E-state index contributed by atoms with van der Waals surface area (Å²) in [6.07, 6.45) is 0. The molecule has 1 rings (SSSR count). The van der Waals surface area contributed by atoms with Crippen LogP contribution in [0.3, 0.4) is 0 Å². The molecule has 1 aromatic heterocycles. The highest BCUT2D eigenvalue weighted by atomic mass is 16.5. The predicted molar refractivity (Wildman–Crippen MR) is 61.2 cm³/mol. The zero-order valence-corrected chi connectivity index (χ0v) is 10.3. The Morgan fingerprint density at radius 2 is 2.07 bits per heavy atom. The zero-order chi connectivity index (χ0) is 11.4. The van der Waals surface area contributed by atoms with Crippen LogP contribution in [0.25, 0.3) is 0 Å². The number of methoxy groups -OCH3 is 1. The standard InChI is InChI=1S/C11H21N3O/c1-8-9(2)13-14(10(8)3)6-11(12-4)7-15-5/h11-12H,6-7H2,1-5H3. The number of nitrogens with zero attached hydrogens (tertiary/aromatic N) is 2. The minimum Gasteiger partial charge on any atom is -0.383 e. The molecule has 0 aliphatic carbocycles. The van der Waals surface area contributed by atoms with Crippen LogP contribution < -0.4 is 5.32 Å². The topological polar surface area (TPSA) is 39.1 Å². The summed E-state index contributed by atoms with van der Waals surface area (Å²) < 4.78 is 7.19. The molecule has 0 aromatic carbocycles. The van der Waals surface area contributed by atoms with Crippen molar-refractivity contribution in [2.75, 3.05) is 20.8 Å². The van der Waals surface area contributed by atoms with Crippen molar-refractivity contribution >= 4 is 0 Å². The molecule has 1 N–H and O–H groups in total. The quantitative estimate of drug-likeness (QED) is 0.791. The molecule has 0 spiro atoms. The molecule has 1 atom stereocenters. The molecular formula is C11H21N3O. The van der Waals surface area contributed by atoms with Gasteiger partial charge in [-0.15, -0.1) is 0 Å². The van der Waals surface area contributed by atoms with Gasteiger partial charge in [-0.25, -0.2) is 0 Å². The highest BCUT2D eigenvalue weighted by Gasteiger charge is 2.11. The number of likely N-dealkylation sites (N-methyl/N-ethyl adjacent to an activating group) is 1. The second kappa shape index (κ2) is 5.28. The summed E-state index contributed by atoms with van der Waals surface area (Å²) in [5.74, 6) is 0. The van der Waals surface area contributed by atoms with Gasteiger partial charge < -0.3 is 10.1 Å². The molecular weight excluding hydrogens is 190 g/mol. The fraction of sp³-hybridized carbons (Fsp3) is 0.727. The molecule has 0 aliphatic rings. The summed E-state index contributed by atoms with van der Waals surface area (Å²) in [7, 11) is 3.67. The third-order valence-corrected chi connectivity index (χ3v) is 2.91. The SMILES string of the molecule is CNC(COC)Cn1nc(C)c(C)c1C. The molecule has 0 radical (unpaired) electrons. The Balaban J connectivity index is 2.74. The van der Waals surface area contributed by atoms with Crippen molar-refractivity contribution in [3.8, 4) is 0 Å². The van der Waals surface area contributed by atoms with E-state index >= 15 is 0 Å². The highest BCUT2D eigenvalue weighted by Crippen LogP contribution is 2.11. The molecule has 0 fully saturated rings. The van der Waals surface area contributed by atoms with Crippen molar-refractivity contribution in [2.24, 2.45) is 0 Å². The van der Waals surface area contributed by atoms with Crippen LogP contribution in [-0.4, -0.2) is 36.6 Å². The van der Waals surface area contributed by atoms with Crippen molar-refractivity contribution in [3.05, 3.63) is 17.0 Å². The monoisotopic (exact) mass is 211 g/mol. The van der Waals surface area contributed by atoms with E-state index in [1.807, 2.05) is 18.7 Å². The number of nitrogens with one attached hydrogen (secondary N) is 1. The van der Waals surface area contributed by atoms with Crippen LogP contribution in [0.4, 0.5) is 0 Å². The number of hydrogen-bond acceptors (Lipinski definition) is 3. The summed E-state index contributed by atoms with van der Waals surface area (Å²) in [5, 5.41) is 7.72. The lowest BCUT2D eigenvalue weighted by Gasteiger charge is -2.16. The molecule has 0 aliphatic heterocycles. The van der Waals surface area contributed by atoms with Gasteiger partial charge in [0.05, 0.1) is 18.8 Å². The molecule has 0 saturated carbocycles. The first-order chi connectivity index (χ1) is 7.10. The third-order valence-electron chi connectivity index (χ3n) is 2.91. The minimum absolute atomic E-state index is 0.312. The summed E-state index contributed by atoms with van der Waals surface area (Å²) in [5.41, 5.74) is 3.63. The van der Waals surface area contributed by atoms with Crippen LogP contribution in [-0.2, 0) is 11.3 Å². The van der Waals surface area contributed by atoms with E-state index in [0.717, 1.165) is 12.2 Å². The van der Waals surface area contributed by atoms with E-state index in [0.29, 0.717) is 12.6 Å². The van der Waals surface area contributed by atoms with E-state index in [4.69, 9.17) is 4.74 Å². The van der Waals surface area contributed by atoms with Gasteiger partial charge in [-0.3, -0.25) is 4.68 Å². The van der Waals surface area contributed by atoms with E-state index in [-0.39, 0.29) is 0 Å². The minimum atomic E-state index is 0.312. The van der Waals surface area contributed by atoms with Gasteiger partial charge in [-0.1, -0.05) is 0 Å². The van der Waals surface area contributed by atoms with Gasteiger partial charge in [-0.2, -0.15) is 5.10 Å². The number of aromatic nitrogens is 2. The highest BCUT2D eigenvalue weighted by molar-refractivity contribution is 5.22. The second-order valence-corrected chi connectivity index (χ2v) is 3.92. The van der Waals surface area contributed by atoms with Gasteiger partial charge in [0.25, 0.3) is 0 Å². The summed E-state index contributed by atoms with van der Waals surface area (Å²) in [6, 6.07) is 0.312. The average molecular weight is 211 g/mol. The summed E-state index contributed by atoms with van der Waals surface area (Å²) in [6.45, 7) is 7.82. The first kappa shape index (κ1) is 12.2. The van der Waals surface area contributed by atoms with Crippen molar-refractivity contribution < 1.29 is 4.74 Å². The van der Waals surface area contributed by atoms with E-state index in [1.165, 1.54) is 11.3 Å². The number of hydrogen-bond donors (Lipinski definition) is 1. The fourth-order valence-electron chi connectivity index (χ4n) is 1.60. The number of aryl methyl sites for hydroxylation is 1. The maximum Gasteiger partial charge on any atom is 0.0633 e. The molecule has 4 heteroatoms. The van der Waals surface area contributed by atoms with Crippen LogP contribution in [0.2, 0.25) is 0 Å². The van der Waals surface area contributed by atoms with Gasteiger partial charge in [0.15, 0.2) is 0 Å². The Kier molecular flexibility index (Phi) is 4.29. The van der Waals surface area contributed by atoms with Crippen molar-refractivity contribution in [2.45, 2.75) is 33.4 Å². The van der Waals surface area contributed by atoms with E-state index in [2.05, 4.69) is 24.3 Å². The molecule has 1 unspecified atom stereocenters.